The van der Waals surface area contributed by atoms with Crippen molar-refractivity contribution >= 4 is 17.3 Å². The summed E-state index contributed by atoms with van der Waals surface area (Å²) in [7, 11) is 0. The van der Waals surface area contributed by atoms with Gasteiger partial charge in [0.1, 0.15) is 5.65 Å². The van der Waals surface area contributed by atoms with E-state index >= 15 is 0 Å². The van der Waals surface area contributed by atoms with E-state index in [0.29, 0.717) is 18.2 Å². The van der Waals surface area contributed by atoms with Gasteiger partial charge in [-0.05, 0) is 44.4 Å². The number of aromatic nitrogens is 2. The molecular formula is C18H26N4O2. The van der Waals surface area contributed by atoms with Crippen LogP contribution in [0.2, 0.25) is 0 Å². The number of pyridine rings is 1. The fourth-order valence-electron chi connectivity index (χ4n) is 3.46. The van der Waals surface area contributed by atoms with E-state index in [1.165, 1.54) is 12.8 Å². The van der Waals surface area contributed by atoms with Crippen LogP contribution in [0.3, 0.4) is 0 Å². The van der Waals surface area contributed by atoms with Gasteiger partial charge in [-0.1, -0.05) is 6.92 Å². The zero-order chi connectivity index (χ0) is 17.1. The first-order chi connectivity index (χ1) is 11.6. The number of imidazole rings is 1. The molecule has 0 radical (unpaired) electrons. The van der Waals surface area contributed by atoms with Gasteiger partial charge in [-0.3, -0.25) is 9.69 Å². The second-order valence-electron chi connectivity index (χ2n) is 6.66. The summed E-state index contributed by atoms with van der Waals surface area (Å²) in [6.45, 7) is 7.44. The number of rotatable bonds is 5. The zero-order valence-corrected chi connectivity index (χ0v) is 14.5. The van der Waals surface area contributed by atoms with E-state index in [-0.39, 0.29) is 12.4 Å². The number of carbonyl (C=O) groups is 1. The first kappa shape index (κ1) is 16.8. The fourth-order valence-corrected chi connectivity index (χ4v) is 3.46. The molecule has 2 aromatic rings. The quantitative estimate of drug-likeness (QED) is 0.851. The van der Waals surface area contributed by atoms with Gasteiger partial charge >= 0.3 is 5.97 Å². The molecule has 0 bridgehead atoms. The number of fused-ring (bicyclic) bond motifs is 1. The van der Waals surface area contributed by atoms with Crippen molar-refractivity contribution in [2.75, 3.05) is 25.4 Å². The van der Waals surface area contributed by atoms with Crippen molar-refractivity contribution < 1.29 is 9.53 Å². The Bertz CT molecular complexity index is 725. The molecule has 1 fully saturated rings. The third kappa shape index (κ3) is 3.70. The van der Waals surface area contributed by atoms with E-state index in [1.807, 2.05) is 29.7 Å². The van der Waals surface area contributed by atoms with Gasteiger partial charge in [0.25, 0.3) is 0 Å². The van der Waals surface area contributed by atoms with Crippen LogP contribution in [0.25, 0.3) is 5.65 Å². The van der Waals surface area contributed by atoms with Crippen molar-refractivity contribution in [3.63, 3.8) is 0 Å². The number of likely N-dealkylation sites (tertiary alicyclic amines) is 1. The Labute approximate surface area is 142 Å². The van der Waals surface area contributed by atoms with Gasteiger partial charge in [0.15, 0.2) is 0 Å². The normalized spacial score (nSPS) is 18.8. The van der Waals surface area contributed by atoms with E-state index in [2.05, 4.69) is 16.8 Å². The average Bonchev–Trinajstić information content (AvgIpc) is 2.85. The van der Waals surface area contributed by atoms with E-state index in [1.54, 1.807) is 0 Å². The second kappa shape index (κ2) is 7.21. The van der Waals surface area contributed by atoms with Crippen LogP contribution < -0.4 is 5.73 Å². The molecule has 2 aromatic heterocycles. The Kier molecular flexibility index (Phi) is 5.04. The third-order valence-electron chi connectivity index (χ3n) is 4.55. The van der Waals surface area contributed by atoms with Crippen molar-refractivity contribution in [3.8, 4) is 0 Å². The van der Waals surface area contributed by atoms with Crippen LogP contribution in [0.1, 0.15) is 38.1 Å². The molecule has 24 heavy (non-hydrogen) atoms. The summed E-state index contributed by atoms with van der Waals surface area (Å²) in [4.78, 5) is 19.0. The summed E-state index contributed by atoms with van der Waals surface area (Å²) in [6, 6.07) is 3.73. The van der Waals surface area contributed by atoms with Crippen LogP contribution in [0, 0.1) is 5.92 Å². The summed E-state index contributed by atoms with van der Waals surface area (Å²) in [5.74, 6) is 0.471. The highest BCUT2D eigenvalue weighted by atomic mass is 16.5. The number of nitrogens with two attached hydrogens (primary N) is 1. The first-order valence-electron chi connectivity index (χ1n) is 8.70. The summed E-state index contributed by atoms with van der Waals surface area (Å²) in [6.07, 6.45) is 4.59. The largest absolute Gasteiger partial charge is 0.466 e. The maximum absolute atomic E-state index is 11.9. The molecule has 0 saturated carbocycles. The van der Waals surface area contributed by atoms with E-state index in [0.717, 1.165) is 36.7 Å². The lowest BCUT2D eigenvalue weighted by atomic mass is 10.00. The Balaban J connectivity index is 1.92. The molecule has 1 aliphatic rings. The lowest BCUT2D eigenvalue weighted by Gasteiger charge is -2.30. The summed E-state index contributed by atoms with van der Waals surface area (Å²) in [5, 5.41) is 0. The SMILES string of the molecule is CCOC(=O)Cc1nc2ccc(N)cn2c1CN1CCCC(C)C1. The van der Waals surface area contributed by atoms with Crippen molar-refractivity contribution in [1.82, 2.24) is 14.3 Å². The lowest BCUT2D eigenvalue weighted by Crippen LogP contribution is -2.34. The number of ether oxygens (including phenoxy) is 1. The molecule has 0 amide bonds. The van der Waals surface area contributed by atoms with Gasteiger partial charge in [0.05, 0.1) is 24.4 Å². The Morgan fingerprint density at radius 1 is 1.46 bits per heavy atom. The number of piperidine rings is 1. The van der Waals surface area contributed by atoms with Crippen LogP contribution in [-0.4, -0.2) is 40.0 Å². The smallest absolute Gasteiger partial charge is 0.311 e. The highest BCUT2D eigenvalue weighted by Gasteiger charge is 2.22. The minimum Gasteiger partial charge on any atom is -0.466 e. The minimum atomic E-state index is -0.234. The maximum atomic E-state index is 11.9. The standard InChI is InChI=1S/C18H26N4O2/c1-3-24-18(23)9-15-16(12-21-8-4-5-13(2)10-21)22-11-14(19)6-7-17(22)20-15/h6-7,11,13H,3-5,8-10,12,19H2,1-2H3. The molecule has 6 nitrogen and oxygen atoms in total. The van der Waals surface area contributed by atoms with Crippen LogP contribution in [0.4, 0.5) is 5.69 Å². The van der Waals surface area contributed by atoms with E-state index < -0.39 is 0 Å². The molecule has 1 aliphatic heterocycles. The number of nitrogen functional groups attached to an aromatic ring is 1. The van der Waals surface area contributed by atoms with Crippen molar-refractivity contribution in [3.05, 3.63) is 29.7 Å². The monoisotopic (exact) mass is 330 g/mol. The predicted molar refractivity (Wildman–Crippen MR) is 93.6 cm³/mol. The molecular weight excluding hydrogens is 304 g/mol. The van der Waals surface area contributed by atoms with Crippen LogP contribution >= 0.6 is 0 Å². The van der Waals surface area contributed by atoms with Gasteiger partial charge in [-0.15, -0.1) is 0 Å². The average molecular weight is 330 g/mol. The molecule has 130 valence electrons. The van der Waals surface area contributed by atoms with E-state index in [9.17, 15) is 4.79 Å². The van der Waals surface area contributed by atoms with Gasteiger partial charge in [0, 0.05) is 25.0 Å². The van der Waals surface area contributed by atoms with E-state index in [4.69, 9.17) is 10.5 Å². The number of hydrogen-bond acceptors (Lipinski definition) is 5. The molecule has 0 aromatic carbocycles. The molecule has 3 rings (SSSR count). The third-order valence-corrected chi connectivity index (χ3v) is 4.55. The first-order valence-corrected chi connectivity index (χ1v) is 8.70. The lowest BCUT2D eigenvalue weighted by molar-refractivity contribution is -0.142. The van der Waals surface area contributed by atoms with Gasteiger partial charge in [-0.25, -0.2) is 4.98 Å². The molecule has 2 N–H and O–H groups in total. The number of hydrogen-bond donors (Lipinski definition) is 1. The molecule has 0 aliphatic carbocycles. The number of anilines is 1. The van der Waals surface area contributed by atoms with Gasteiger partial charge < -0.3 is 14.9 Å². The number of esters is 1. The molecule has 1 saturated heterocycles. The molecule has 1 unspecified atom stereocenters. The van der Waals surface area contributed by atoms with Crippen LogP contribution in [0.15, 0.2) is 18.3 Å². The Hall–Kier alpha value is -2.08. The molecule has 1 atom stereocenters. The summed E-state index contributed by atoms with van der Waals surface area (Å²) < 4.78 is 7.12. The Morgan fingerprint density at radius 2 is 2.29 bits per heavy atom. The van der Waals surface area contributed by atoms with Gasteiger partial charge in [0.2, 0.25) is 0 Å². The maximum Gasteiger partial charge on any atom is 0.311 e. The van der Waals surface area contributed by atoms with Crippen LogP contribution in [-0.2, 0) is 22.5 Å². The second-order valence-corrected chi connectivity index (χ2v) is 6.66. The topological polar surface area (TPSA) is 72.9 Å². The van der Waals surface area contributed by atoms with Crippen molar-refractivity contribution in [2.24, 2.45) is 5.92 Å². The number of nitrogens with zero attached hydrogens (tertiary/aromatic N) is 3. The van der Waals surface area contributed by atoms with Crippen molar-refractivity contribution in [1.29, 1.82) is 0 Å². The highest BCUT2D eigenvalue weighted by Crippen LogP contribution is 2.22. The predicted octanol–water partition coefficient (Wildman–Crippen LogP) is 2.25. The summed E-state index contributed by atoms with van der Waals surface area (Å²) in [5.41, 5.74) is 9.30. The molecule has 0 spiro atoms. The summed E-state index contributed by atoms with van der Waals surface area (Å²) >= 11 is 0. The molecule has 6 heteroatoms. The van der Waals surface area contributed by atoms with Crippen LogP contribution in [0.5, 0.6) is 0 Å². The zero-order valence-electron chi connectivity index (χ0n) is 14.5. The number of carbonyl (C=O) groups excluding carboxylic acids is 1. The molecule has 3 heterocycles. The minimum absolute atomic E-state index is 0.203. The van der Waals surface area contributed by atoms with Gasteiger partial charge in [-0.2, -0.15) is 0 Å². The van der Waals surface area contributed by atoms with Crippen molar-refractivity contribution in [2.45, 2.75) is 39.7 Å². The highest BCUT2D eigenvalue weighted by molar-refractivity contribution is 5.73. The Morgan fingerprint density at radius 3 is 3.04 bits per heavy atom. The fraction of sp³-hybridized carbons (Fsp3) is 0.556.